The topological polar surface area (TPSA) is 29.5 Å². The van der Waals surface area contributed by atoms with Crippen LogP contribution in [0.3, 0.4) is 0 Å². The van der Waals surface area contributed by atoms with E-state index in [2.05, 4.69) is 32.7 Å². The van der Waals surface area contributed by atoms with E-state index < -0.39 is 0 Å². The van der Waals surface area contributed by atoms with E-state index in [1.807, 2.05) is 7.11 Å². The van der Waals surface area contributed by atoms with Crippen LogP contribution in [-0.4, -0.2) is 37.1 Å². The van der Waals surface area contributed by atoms with Gasteiger partial charge >= 0.3 is 0 Å². The van der Waals surface area contributed by atoms with Gasteiger partial charge in [0, 0.05) is 26.6 Å². The van der Waals surface area contributed by atoms with Crippen LogP contribution >= 0.6 is 0 Å². The molecule has 3 aliphatic carbocycles. The molecule has 1 aliphatic heterocycles. The fourth-order valence-electron chi connectivity index (χ4n) is 7.64. The number of carbonyl (C=O) groups is 1. The number of hydrogen-bond acceptors (Lipinski definition) is 2. The van der Waals surface area contributed by atoms with Crippen molar-refractivity contribution in [1.29, 1.82) is 0 Å². The second kappa shape index (κ2) is 5.46. The van der Waals surface area contributed by atoms with Gasteiger partial charge in [-0.25, -0.2) is 0 Å². The van der Waals surface area contributed by atoms with Crippen molar-refractivity contribution in [1.82, 2.24) is 4.90 Å². The molecule has 4 aliphatic rings. The summed E-state index contributed by atoms with van der Waals surface area (Å²) in [4.78, 5) is 14.4. The Morgan fingerprint density at radius 1 is 1.17 bits per heavy atom. The Bertz CT molecular complexity index is 534. The molecule has 4 fully saturated rings. The normalized spacial score (nSPS) is 54.2. The Hall–Kier alpha value is -0.570. The van der Waals surface area contributed by atoms with Gasteiger partial charge in [-0.15, -0.1) is 0 Å². The fraction of sp³-hybridized carbons (Fsp3) is 0.952. The summed E-state index contributed by atoms with van der Waals surface area (Å²) >= 11 is 0. The van der Waals surface area contributed by atoms with Crippen LogP contribution < -0.4 is 0 Å². The van der Waals surface area contributed by atoms with Crippen molar-refractivity contribution >= 4 is 5.91 Å². The number of likely N-dealkylation sites (tertiary alicyclic amines) is 1. The predicted molar refractivity (Wildman–Crippen MR) is 95.5 cm³/mol. The molecule has 8 atom stereocenters. The van der Waals surface area contributed by atoms with Crippen molar-refractivity contribution in [3.63, 3.8) is 0 Å². The van der Waals surface area contributed by atoms with Crippen molar-refractivity contribution in [2.75, 3.05) is 14.2 Å². The maximum absolute atomic E-state index is 12.3. The van der Waals surface area contributed by atoms with Crippen molar-refractivity contribution in [2.24, 2.45) is 34.5 Å². The van der Waals surface area contributed by atoms with Crippen LogP contribution in [0.2, 0.25) is 0 Å². The third-order valence-corrected chi connectivity index (χ3v) is 8.99. The summed E-state index contributed by atoms with van der Waals surface area (Å²) in [7, 11) is 3.95. The quantitative estimate of drug-likeness (QED) is 0.723. The summed E-state index contributed by atoms with van der Waals surface area (Å²) in [5.74, 6) is 3.52. The minimum Gasteiger partial charge on any atom is -0.381 e. The lowest BCUT2D eigenvalue weighted by Gasteiger charge is -2.63. The Labute approximate surface area is 147 Å². The molecule has 1 saturated heterocycles. The van der Waals surface area contributed by atoms with Crippen LogP contribution in [0, 0.1) is 34.5 Å². The maximum Gasteiger partial charge on any atom is 0.222 e. The minimum absolute atomic E-state index is 0.326. The molecule has 0 bridgehead atoms. The summed E-state index contributed by atoms with van der Waals surface area (Å²) in [5, 5.41) is 0. The Morgan fingerprint density at radius 2 is 1.92 bits per heavy atom. The molecule has 1 amide bonds. The van der Waals surface area contributed by atoms with Gasteiger partial charge in [0.15, 0.2) is 0 Å². The molecule has 0 spiro atoms. The smallest absolute Gasteiger partial charge is 0.222 e. The number of amides is 1. The molecule has 0 N–H and O–H groups in total. The third kappa shape index (κ3) is 2.15. The molecule has 2 unspecified atom stereocenters. The van der Waals surface area contributed by atoms with Crippen LogP contribution in [0.25, 0.3) is 0 Å². The molecule has 0 aromatic heterocycles. The van der Waals surface area contributed by atoms with Gasteiger partial charge in [0.1, 0.15) is 0 Å². The van der Waals surface area contributed by atoms with Gasteiger partial charge in [0.05, 0.1) is 6.10 Å². The van der Waals surface area contributed by atoms with E-state index in [1.165, 1.54) is 32.1 Å². The molecule has 3 saturated carbocycles. The zero-order chi connectivity index (χ0) is 17.3. The first-order chi connectivity index (χ1) is 11.3. The Kier molecular flexibility index (Phi) is 3.84. The summed E-state index contributed by atoms with van der Waals surface area (Å²) < 4.78 is 5.79. The molecule has 24 heavy (non-hydrogen) atoms. The van der Waals surface area contributed by atoms with Crippen LogP contribution in [0.15, 0.2) is 0 Å². The third-order valence-electron chi connectivity index (χ3n) is 8.99. The summed E-state index contributed by atoms with van der Waals surface area (Å²) in [5.41, 5.74) is 0.808. The van der Waals surface area contributed by atoms with E-state index in [0.717, 1.165) is 36.5 Å². The van der Waals surface area contributed by atoms with E-state index in [-0.39, 0.29) is 0 Å². The Balaban J connectivity index is 1.68. The molecule has 0 aromatic rings. The molecule has 1 heterocycles. The lowest BCUT2D eigenvalue weighted by Crippen LogP contribution is -2.62. The Morgan fingerprint density at radius 3 is 2.62 bits per heavy atom. The summed E-state index contributed by atoms with van der Waals surface area (Å²) in [6, 6.07) is 0.457. The number of ether oxygens (including phenoxy) is 1. The van der Waals surface area contributed by atoms with Crippen molar-refractivity contribution in [3.8, 4) is 0 Å². The van der Waals surface area contributed by atoms with Gasteiger partial charge in [-0.3, -0.25) is 4.79 Å². The zero-order valence-corrected chi connectivity index (χ0v) is 16.2. The second-order valence-corrected chi connectivity index (χ2v) is 10.0. The van der Waals surface area contributed by atoms with Gasteiger partial charge in [-0.1, -0.05) is 20.8 Å². The molecule has 0 radical (unpaired) electrons. The van der Waals surface area contributed by atoms with E-state index in [0.29, 0.717) is 28.9 Å². The number of carbonyl (C=O) groups excluding carboxylic acids is 1. The highest BCUT2D eigenvalue weighted by molar-refractivity contribution is 5.77. The number of rotatable bonds is 1. The van der Waals surface area contributed by atoms with E-state index >= 15 is 0 Å². The number of methoxy groups -OCH3 is 1. The lowest BCUT2D eigenvalue weighted by molar-refractivity contribution is -0.164. The van der Waals surface area contributed by atoms with Crippen LogP contribution in [0.5, 0.6) is 0 Å². The monoisotopic (exact) mass is 333 g/mol. The van der Waals surface area contributed by atoms with Crippen LogP contribution in [0.4, 0.5) is 0 Å². The number of piperidine rings is 1. The molecular weight excluding hydrogens is 298 g/mol. The molecule has 3 heteroatoms. The number of nitrogens with zero attached hydrogens (tertiary/aromatic N) is 1. The van der Waals surface area contributed by atoms with Gasteiger partial charge < -0.3 is 9.64 Å². The number of hydrogen-bond donors (Lipinski definition) is 0. The standard InChI is InChI=1S/C21H35NO2/c1-13-10-17-21(3,9-7-18(23)22(17)4)15-6-8-20(2)12-14(24-5)11-16(20)19(13)15/h13-17,19H,6-12H2,1-5H3/t13?,14-,15-,16-,17+,19?,20+,21+/m0/s1. The van der Waals surface area contributed by atoms with Gasteiger partial charge in [0.25, 0.3) is 0 Å². The fourth-order valence-corrected chi connectivity index (χ4v) is 7.64. The van der Waals surface area contributed by atoms with Gasteiger partial charge in [-0.05, 0) is 73.0 Å². The maximum atomic E-state index is 12.3. The zero-order valence-electron chi connectivity index (χ0n) is 16.2. The average molecular weight is 334 g/mol. The molecule has 4 rings (SSSR count). The predicted octanol–water partition coefficient (Wildman–Crippen LogP) is 4.11. The second-order valence-electron chi connectivity index (χ2n) is 10.0. The molecule has 136 valence electrons. The average Bonchev–Trinajstić information content (AvgIpc) is 2.90. The van der Waals surface area contributed by atoms with Crippen LogP contribution in [0.1, 0.15) is 65.7 Å². The van der Waals surface area contributed by atoms with E-state index in [1.54, 1.807) is 0 Å². The first kappa shape index (κ1) is 16.9. The highest BCUT2D eigenvalue weighted by Gasteiger charge is 2.62. The minimum atomic E-state index is 0.326. The van der Waals surface area contributed by atoms with Crippen molar-refractivity contribution < 1.29 is 9.53 Å². The molecular formula is C21H35NO2. The SMILES string of the molecule is CO[C@H]1C[C@H]2C3C(C)C[C@H]4N(C)C(=O)CC[C@]4(C)[C@H]3CC[C@]2(C)C1. The van der Waals surface area contributed by atoms with E-state index in [4.69, 9.17) is 4.74 Å². The van der Waals surface area contributed by atoms with E-state index in [9.17, 15) is 4.79 Å². The van der Waals surface area contributed by atoms with Gasteiger partial charge in [-0.2, -0.15) is 0 Å². The van der Waals surface area contributed by atoms with Crippen LogP contribution in [-0.2, 0) is 9.53 Å². The molecule has 0 aromatic carbocycles. The summed E-state index contributed by atoms with van der Waals surface area (Å²) in [6.07, 6.45) is 8.74. The lowest BCUT2D eigenvalue weighted by atomic mass is 9.45. The van der Waals surface area contributed by atoms with Crippen molar-refractivity contribution in [2.45, 2.75) is 77.9 Å². The highest BCUT2D eigenvalue weighted by Crippen LogP contribution is 2.66. The van der Waals surface area contributed by atoms with Crippen molar-refractivity contribution in [3.05, 3.63) is 0 Å². The summed E-state index contributed by atoms with van der Waals surface area (Å²) in [6.45, 7) is 7.51. The molecule has 3 nitrogen and oxygen atoms in total. The first-order valence-electron chi connectivity index (χ1n) is 10.1. The number of fused-ring (bicyclic) bond motifs is 5. The first-order valence-corrected chi connectivity index (χ1v) is 10.1. The largest absolute Gasteiger partial charge is 0.381 e. The highest BCUT2D eigenvalue weighted by atomic mass is 16.5. The van der Waals surface area contributed by atoms with Gasteiger partial charge in [0.2, 0.25) is 5.91 Å².